The summed E-state index contributed by atoms with van der Waals surface area (Å²) in [6.45, 7) is 4.70. The second-order valence-corrected chi connectivity index (χ2v) is 8.16. The summed E-state index contributed by atoms with van der Waals surface area (Å²) in [5.74, 6) is -0.106. The van der Waals surface area contributed by atoms with E-state index in [1.165, 1.54) is 6.07 Å². The van der Waals surface area contributed by atoms with Crippen molar-refractivity contribution in [2.45, 2.75) is 38.8 Å². The number of aromatic nitrogens is 2. The van der Waals surface area contributed by atoms with Gasteiger partial charge >= 0.3 is 0 Å². The van der Waals surface area contributed by atoms with Gasteiger partial charge in [0.1, 0.15) is 11.5 Å². The SMILES string of the molecule is COCCn1c(C(=O)N2CCC(c3cc(CN)ccc3F)CC2)cc2nccc(C)c21.Cl.Cl. The Balaban J connectivity index is 0.00000193. The first-order valence-corrected chi connectivity index (χ1v) is 10.7. The topological polar surface area (TPSA) is 73.4 Å². The van der Waals surface area contributed by atoms with Crippen molar-refractivity contribution in [3.63, 3.8) is 0 Å². The van der Waals surface area contributed by atoms with Crippen molar-refractivity contribution in [1.29, 1.82) is 0 Å². The van der Waals surface area contributed by atoms with E-state index in [1.54, 1.807) is 19.4 Å². The third-order valence-electron chi connectivity index (χ3n) is 6.24. The van der Waals surface area contributed by atoms with Gasteiger partial charge < -0.3 is 19.9 Å². The van der Waals surface area contributed by atoms with Crippen LogP contribution in [0.1, 0.15) is 45.9 Å². The zero-order valence-corrected chi connectivity index (χ0v) is 20.6. The Morgan fingerprint density at radius 1 is 1.21 bits per heavy atom. The van der Waals surface area contributed by atoms with Crippen molar-refractivity contribution < 1.29 is 13.9 Å². The smallest absolute Gasteiger partial charge is 0.270 e. The number of fused-ring (bicyclic) bond motifs is 1. The normalized spacial score (nSPS) is 14.1. The van der Waals surface area contributed by atoms with Gasteiger partial charge in [-0.15, -0.1) is 24.8 Å². The van der Waals surface area contributed by atoms with Crippen LogP contribution < -0.4 is 5.73 Å². The summed E-state index contributed by atoms with van der Waals surface area (Å²) >= 11 is 0. The predicted molar refractivity (Wildman–Crippen MR) is 133 cm³/mol. The van der Waals surface area contributed by atoms with E-state index >= 15 is 0 Å². The Bertz CT molecular complexity index is 1100. The fourth-order valence-electron chi connectivity index (χ4n) is 4.54. The first-order valence-electron chi connectivity index (χ1n) is 10.7. The first-order chi connectivity index (χ1) is 15.0. The molecule has 1 aromatic carbocycles. The molecule has 1 aliphatic rings. The van der Waals surface area contributed by atoms with E-state index in [-0.39, 0.29) is 42.5 Å². The van der Waals surface area contributed by atoms with Gasteiger partial charge in [0.25, 0.3) is 5.91 Å². The van der Waals surface area contributed by atoms with Crippen molar-refractivity contribution in [2.75, 3.05) is 26.8 Å². The molecule has 6 nitrogen and oxygen atoms in total. The van der Waals surface area contributed by atoms with Crippen molar-refractivity contribution in [2.24, 2.45) is 5.73 Å². The highest BCUT2D eigenvalue weighted by atomic mass is 35.5. The number of aryl methyl sites for hydroxylation is 1. The maximum atomic E-state index is 14.4. The molecule has 0 unspecified atom stereocenters. The number of rotatable bonds is 6. The summed E-state index contributed by atoms with van der Waals surface area (Å²) in [6.07, 6.45) is 3.22. The molecule has 0 radical (unpaired) electrons. The van der Waals surface area contributed by atoms with Crippen LogP contribution >= 0.6 is 24.8 Å². The molecule has 1 aliphatic heterocycles. The number of carbonyl (C=O) groups excluding carboxylic acids is 1. The predicted octanol–water partition coefficient (Wildman–Crippen LogP) is 4.45. The lowest BCUT2D eigenvalue weighted by Gasteiger charge is -2.32. The average molecular weight is 497 g/mol. The third-order valence-corrected chi connectivity index (χ3v) is 6.24. The first kappa shape index (κ1) is 27.1. The molecular formula is C24H31Cl2FN4O2. The monoisotopic (exact) mass is 496 g/mol. The van der Waals surface area contributed by atoms with Crippen LogP contribution in [-0.4, -0.2) is 47.2 Å². The van der Waals surface area contributed by atoms with Crippen LogP contribution in [0.5, 0.6) is 0 Å². The number of piperidine rings is 1. The Kier molecular flexibility index (Phi) is 9.67. The van der Waals surface area contributed by atoms with E-state index in [2.05, 4.69) is 4.98 Å². The fraction of sp³-hybridized carbons (Fsp3) is 0.417. The summed E-state index contributed by atoms with van der Waals surface area (Å²) < 4.78 is 21.7. The molecule has 33 heavy (non-hydrogen) atoms. The maximum Gasteiger partial charge on any atom is 0.270 e. The van der Waals surface area contributed by atoms with Gasteiger partial charge in [0.05, 0.1) is 17.6 Å². The van der Waals surface area contributed by atoms with E-state index in [0.717, 1.165) is 35.0 Å². The van der Waals surface area contributed by atoms with Gasteiger partial charge in [-0.1, -0.05) is 12.1 Å². The number of ether oxygens (including phenoxy) is 1. The maximum absolute atomic E-state index is 14.4. The number of hydrogen-bond acceptors (Lipinski definition) is 4. The summed E-state index contributed by atoms with van der Waals surface area (Å²) in [4.78, 5) is 19.7. The van der Waals surface area contributed by atoms with Crippen molar-refractivity contribution in [3.8, 4) is 0 Å². The van der Waals surface area contributed by atoms with Crippen molar-refractivity contribution in [3.05, 3.63) is 64.7 Å². The standard InChI is InChI=1S/C24H29FN4O2.2ClH/c1-16-5-8-27-21-14-22(29(23(16)21)11-12-31-2)24(30)28-9-6-18(7-10-28)19-13-17(15-26)3-4-20(19)25;;/h3-5,8,13-14,18H,6-7,9-12,15,26H2,1-2H3;2*1H. The highest BCUT2D eigenvalue weighted by Gasteiger charge is 2.28. The van der Waals surface area contributed by atoms with E-state index < -0.39 is 0 Å². The second kappa shape index (κ2) is 11.8. The molecule has 0 bridgehead atoms. The largest absolute Gasteiger partial charge is 0.383 e. The lowest BCUT2D eigenvalue weighted by Crippen LogP contribution is -2.39. The van der Waals surface area contributed by atoms with Crippen LogP contribution in [0.4, 0.5) is 4.39 Å². The Labute approximate surface area is 206 Å². The Morgan fingerprint density at radius 2 is 1.94 bits per heavy atom. The lowest BCUT2D eigenvalue weighted by molar-refractivity contribution is 0.0699. The zero-order valence-electron chi connectivity index (χ0n) is 18.9. The quantitative estimate of drug-likeness (QED) is 0.546. The van der Waals surface area contributed by atoms with E-state index in [1.807, 2.05) is 34.6 Å². The minimum Gasteiger partial charge on any atom is -0.383 e. The van der Waals surface area contributed by atoms with Crippen LogP contribution in [0.15, 0.2) is 36.5 Å². The molecular weight excluding hydrogens is 466 g/mol. The lowest BCUT2D eigenvalue weighted by atomic mass is 9.88. The number of likely N-dealkylation sites (tertiary alicyclic amines) is 1. The minimum absolute atomic E-state index is 0. The molecule has 180 valence electrons. The number of methoxy groups -OCH3 is 1. The van der Waals surface area contributed by atoms with Gasteiger partial charge in [0, 0.05) is 39.5 Å². The van der Waals surface area contributed by atoms with Gasteiger partial charge in [0.15, 0.2) is 0 Å². The molecule has 9 heteroatoms. The number of hydrogen-bond donors (Lipinski definition) is 1. The molecule has 1 fully saturated rings. The van der Waals surface area contributed by atoms with Crippen LogP contribution in [0.25, 0.3) is 11.0 Å². The van der Waals surface area contributed by atoms with Crippen molar-refractivity contribution in [1.82, 2.24) is 14.5 Å². The van der Waals surface area contributed by atoms with E-state index in [4.69, 9.17) is 10.5 Å². The molecule has 1 amide bonds. The molecule has 4 rings (SSSR count). The van der Waals surface area contributed by atoms with Crippen LogP contribution in [0.3, 0.4) is 0 Å². The molecule has 3 heterocycles. The molecule has 0 aliphatic carbocycles. The molecule has 0 saturated carbocycles. The average Bonchev–Trinajstić information content (AvgIpc) is 3.17. The molecule has 0 atom stereocenters. The third kappa shape index (κ3) is 5.49. The summed E-state index contributed by atoms with van der Waals surface area (Å²) in [5.41, 5.74) is 10.9. The van der Waals surface area contributed by atoms with Crippen LogP contribution in [-0.2, 0) is 17.8 Å². The number of benzene rings is 1. The number of amides is 1. The highest BCUT2D eigenvalue weighted by molar-refractivity contribution is 5.98. The fourth-order valence-corrected chi connectivity index (χ4v) is 4.54. The number of nitrogens with zero attached hydrogens (tertiary/aromatic N) is 3. The summed E-state index contributed by atoms with van der Waals surface area (Å²) in [6, 6.07) is 8.92. The minimum atomic E-state index is -0.191. The van der Waals surface area contributed by atoms with Gasteiger partial charge in [0.2, 0.25) is 0 Å². The van der Waals surface area contributed by atoms with Gasteiger partial charge in [-0.25, -0.2) is 4.39 Å². The molecule has 0 spiro atoms. The van der Waals surface area contributed by atoms with Crippen molar-refractivity contribution >= 4 is 41.8 Å². The number of pyridine rings is 1. The number of nitrogens with two attached hydrogens (primary N) is 1. The summed E-state index contributed by atoms with van der Waals surface area (Å²) in [5, 5.41) is 0. The molecule has 1 saturated heterocycles. The van der Waals surface area contributed by atoms with E-state index in [0.29, 0.717) is 44.0 Å². The molecule has 2 N–H and O–H groups in total. The zero-order chi connectivity index (χ0) is 22.0. The van der Waals surface area contributed by atoms with Gasteiger partial charge in [-0.2, -0.15) is 0 Å². The Hall–Kier alpha value is -2.19. The van der Waals surface area contributed by atoms with Gasteiger partial charge in [-0.05, 0) is 60.6 Å². The number of halogens is 3. The van der Waals surface area contributed by atoms with Crippen LogP contribution in [0.2, 0.25) is 0 Å². The molecule has 2 aromatic heterocycles. The van der Waals surface area contributed by atoms with E-state index in [9.17, 15) is 9.18 Å². The second-order valence-electron chi connectivity index (χ2n) is 8.16. The molecule has 3 aromatic rings. The van der Waals surface area contributed by atoms with Crippen LogP contribution in [0, 0.1) is 12.7 Å². The highest BCUT2D eigenvalue weighted by Crippen LogP contribution is 2.32. The summed E-state index contributed by atoms with van der Waals surface area (Å²) in [7, 11) is 1.65. The number of carbonyl (C=O) groups is 1. The van der Waals surface area contributed by atoms with Gasteiger partial charge in [-0.3, -0.25) is 9.78 Å². The Morgan fingerprint density at radius 3 is 2.61 bits per heavy atom.